The summed E-state index contributed by atoms with van der Waals surface area (Å²) in [5.74, 6) is 2.70. The molecule has 1 aromatic carbocycles. The van der Waals surface area contributed by atoms with Gasteiger partial charge in [-0.2, -0.15) is 0 Å². The molecule has 0 spiro atoms. The number of carbonyl (C=O) groups is 1. The second kappa shape index (κ2) is 5.26. The van der Waals surface area contributed by atoms with Crippen LogP contribution in [0.5, 0.6) is 0 Å². The Balaban J connectivity index is 0.00000121. The third-order valence-corrected chi connectivity index (χ3v) is 6.35. The average Bonchev–Trinajstić information content (AvgIpc) is 2.75. The number of ketones is 1. The van der Waals surface area contributed by atoms with Crippen molar-refractivity contribution in [3.63, 3.8) is 0 Å². The van der Waals surface area contributed by atoms with E-state index in [2.05, 4.69) is 31.2 Å². The molecule has 0 aromatic heterocycles. The Bertz CT molecular complexity index is 538. The minimum atomic E-state index is 0. The topological polar surface area (TPSA) is 17.1 Å². The Kier molecular flexibility index (Phi) is 3.90. The summed E-state index contributed by atoms with van der Waals surface area (Å²) in [6.45, 7) is 2.25. The van der Waals surface area contributed by atoms with Crippen molar-refractivity contribution in [2.24, 2.45) is 17.3 Å². The molecular formula is C18H22NaO. The molecule has 1 radical (unpaired) electrons. The van der Waals surface area contributed by atoms with E-state index in [1.165, 1.54) is 19.3 Å². The molecule has 1 nitrogen and oxygen atoms in total. The molecule has 2 fully saturated rings. The van der Waals surface area contributed by atoms with Crippen molar-refractivity contribution in [3.05, 3.63) is 35.4 Å². The molecule has 2 saturated carbocycles. The Labute approximate surface area is 143 Å². The summed E-state index contributed by atoms with van der Waals surface area (Å²) in [7, 11) is 0. The standard InChI is InChI=1S/C18H22O.Na/c1-18-11-10-14-13-5-3-2-4-12(13)6-7-15(14)16(18)8-9-17(18)19;/h2-5,14-16H,6-11H2,1H3;/t14-,15-,16+,18+;/m1./s1. The molecule has 0 N–H and O–H groups in total. The molecule has 0 bridgehead atoms. The van der Waals surface area contributed by atoms with Gasteiger partial charge in [-0.1, -0.05) is 31.2 Å². The largest absolute Gasteiger partial charge is 0.299 e. The van der Waals surface area contributed by atoms with Crippen molar-refractivity contribution in [3.8, 4) is 0 Å². The molecule has 0 unspecified atom stereocenters. The van der Waals surface area contributed by atoms with Gasteiger partial charge in [-0.25, -0.2) is 0 Å². The smallest absolute Gasteiger partial charge is 0.139 e. The zero-order chi connectivity index (χ0) is 13.0. The molecule has 0 heterocycles. The predicted molar refractivity (Wildman–Crippen MR) is 81.8 cm³/mol. The van der Waals surface area contributed by atoms with Crippen LogP contribution in [0.2, 0.25) is 0 Å². The van der Waals surface area contributed by atoms with Crippen molar-refractivity contribution < 1.29 is 4.79 Å². The molecule has 4 rings (SSSR count). The fourth-order valence-electron chi connectivity index (χ4n) is 5.29. The zero-order valence-electron chi connectivity index (χ0n) is 12.7. The predicted octanol–water partition coefficient (Wildman–Crippen LogP) is 3.73. The SMILES string of the molecule is C[C@]12CC[C@@H]3c4ccccc4CC[C@H]3[C@@H]1CCC2=O.[Na]. The zero-order valence-corrected chi connectivity index (χ0v) is 14.7. The Morgan fingerprint density at radius 1 is 1.10 bits per heavy atom. The number of hydrogen-bond acceptors (Lipinski definition) is 1. The van der Waals surface area contributed by atoms with Crippen LogP contribution in [-0.2, 0) is 11.2 Å². The van der Waals surface area contributed by atoms with Crippen LogP contribution < -0.4 is 0 Å². The first kappa shape index (κ1) is 14.8. The third-order valence-electron chi connectivity index (χ3n) is 6.35. The van der Waals surface area contributed by atoms with Gasteiger partial charge in [0.1, 0.15) is 5.78 Å². The molecule has 3 aliphatic carbocycles. The van der Waals surface area contributed by atoms with Gasteiger partial charge >= 0.3 is 0 Å². The van der Waals surface area contributed by atoms with Crippen molar-refractivity contribution >= 4 is 35.3 Å². The number of Topliss-reactive ketones (excluding diaryl/α,β-unsaturated/α-hetero) is 1. The van der Waals surface area contributed by atoms with Crippen molar-refractivity contribution in [2.45, 2.75) is 51.4 Å². The maximum atomic E-state index is 12.3. The van der Waals surface area contributed by atoms with Crippen LogP contribution in [0.3, 0.4) is 0 Å². The molecule has 3 aliphatic rings. The summed E-state index contributed by atoms with van der Waals surface area (Å²) in [6.07, 6.45) is 6.85. The van der Waals surface area contributed by atoms with Gasteiger partial charge in [0, 0.05) is 41.4 Å². The van der Waals surface area contributed by atoms with Crippen LogP contribution in [0, 0.1) is 17.3 Å². The first-order valence-corrected chi connectivity index (χ1v) is 7.81. The van der Waals surface area contributed by atoms with Gasteiger partial charge in [0.2, 0.25) is 0 Å². The third kappa shape index (κ3) is 1.97. The van der Waals surface area contributed by atoms with E-state index in [9.17, 15) is 4.79 Å². The van der Waals surface area contributed by atoms with Crippen molar-refractivity contribution in [1.29, 1.82) is 0 Å². The van der Waals surface area contributed by atoms with Gasteiger partial charge in [0.15, 0.2) is 0 Å². The van der Waals surface area contributed by atoms with E-state index in [4.69, 9.17) is 0 Å². The second-order valence-electron chi connectivity index (χ2n) is 7.03. The quantitative estimate of drug-likeness (QED) is 0.660. The van der Waals surface area contributed by atoms with E-state index in [-0.39, 0.29) is 35.0 Å². The Morgan fingerprint density at radius 2 is 1.90 bits per heavy atom. The number of benzene rings is 1. The maximum Gasteiger partial charge on any atom is 0.139 e. The first-order valence-electron chi connectivity index (χ1n) is 7.81. The molecule has 101 valence electrons. The van der Waals surface area contributed by atoms with Crippen LogP contribution in [0.1, 0.15) is 56.1 Å². The molecule has 0 amide bonds. The average molecular weight is 277 g/mol. The fourth-order valence-corrected chi connectivity index (χ4v) is 5.29. The number of rotatable bonds is 0. The normalized spacial score (nSPS) is 38.5. The molecule has 0 aliphatic heterocycles. The van der Waals surface area contributed by atoms with E-state index in [1.807, 2.05) is 0 Å². The van der Waals surface area contributed by atoms with Gasteiger partial charge in [-0.15, -0.1) is 0 Å². The van der Waals surface area contributed by atoms with Crippen LogP contribution in [0.4, 0.5) is 0 Å². The Morgan fingerprint density at radius 3 is 2.75 bits per heavy atom. The second-order valence-corrected chi connectivity index (χ2v) is 7.03. The van der Waals surface area contributed by atoms with Gasteiger partial charge in [-0.3, -0.25) is 4.79 Å². The molecule has 1 aromatic rings. The number of fused-ring (bicyclic) bond motifs is 5. The maximum absolute atomic E-state index is 12.3. The van der Waals surface area contributed by atoms with Gasteiger partial charge < -0.3 is 0 Å². The summed E-state index contributed by atoms with van der Waals surface area (Å²) >= 11 is 0. The van der Waals surface area contributed by atoms with Gasteiger partial charge in [-0.05, 0) is 61.0 Å². The van der Waals surface area contributed by atoms with Crippen LogP contribution >= 0.6 is 0 Å². The minimum absolute atomic E-state index is 0. The first-order chi connectivity index (χ1) is 9.20. The van der Waals surface area contributed by atoms with Gasteiger partial charge in [0.25, 0.3) is 0 Å². The van der Waals surface area contributed by atoms with E-state index in [1.54, 1.807) is 11.1 Å². The summed E-state index contributed by atoms with van der Waals surface area (Å²) in [4.78, 5) is 12.3. The molecule has 2 heteroatoms. The van der Waals surface area contributed by atoms with Crippen LogP contribution in [0.25, 0.3) is 0 Å². The molecule has 20 heavy (non-hydrogen) atoms. The molecular weight excluding hydrogens is 255 g/mol. The minimum Gasteiger partial charge on any atom is -0.299 e. The monoisotopic (exact) mass is 277 g/mol. The summed E-state index contributed by atoms with van der Waals surface area (Å²) < 4.78 is 0. The van der Waals surface area contributed by atoms with E-state index in [0.29, 0.717) is 11.7 Å². The molecule has 4 atom stereocenters. The van der Waals surface area contributed by atoms with Crippen molar-refractivity contribution in [2.75, 3.05) is 0 Å². The van der Waals surface area contributed by atoms with E-state index in [0.717, 1.165) is 31.1 Å². The summed E-state index contributed by atoms with van der Waals surface area (Å²) in [5, 5.41) is 0. The summed E-state index contributed by atoms with van der Waals surface area (Å²) in [5.41, 5.74) is 3.19. The van der Waals surface area contributed by atoms with Crippen LogP contribution in [0.15, 0.2) is 24.3 Å². The van der Waals surface area contributed by atoms with E-state index >= 15 is 0 Å². The van der Waals surface area contributed by atoms with E-state index < -0.39 is 0 Å². The summed E-state index contributed by atoms with van der Waals surface area (Å²) in [6, 6.07) is 9.00. The Hall–Kier alpha value is -0.110. The molecule has 0 saturated heterocycles. The van der Waals surface area contributed by atoms with Gasteiger partial charge in [0.05, 0.1) is 0 Å². The number of hydrogen-bond donors (Lipinski definition) is 0. The fraction of sp³-hybridized carbons (Fsp3) is 0.611. The van der Waals surface area contributed by atoms with Crippen molar-refractivity contribution in [1.82, 2.24) is 0 Å². The van der Waals surface area contributed by atoms with Crippen LogP contribution in [-0.4, -0.2) is 35.3 Å². The number of carbonyl (C=O) groups excluding carboxylic acids is 1. The number of aryl methyl sites for hydroxylation is 1.